The molecule has 2 aromatic rings. The Balaban J connectivity index is 1.42. The van der Waals surface area contributed by atoms with E-state index in [0.29, 0.717) is 11.6 Å². The molecule has 25 heavy (non-hydrogen) atoms. The minimum Gasteiger partial charge on any atom is -0.437 e. The summed E-state index contributed by atoms with van der Waals surface area (Å²) in [5.41, 5.74) is 0. The van der Waals surface area contributed by atoms with Crippen molar-refractivity contribution in [3.8, 4) is 11.6 Å². The zero-order valence-electron chi connectivity index (χ0n) is 14.3. The van der Waals surface area contributed by atoms with Crippen LogP contribution in [0.15, 0.2) is 36.7 Å². The second-order valence-corrected chi connectivity index (χ2v) is 6.73. The predicted molar refractivity (Wildman–Crippen MR) is 94.5 cm³/mol. The average molecular weight is 342 g/mol. The quantitative estimate of drug-likeness (QED) is 0.851. The third-order valence-corrected chi connectivity index (χ3v) is 5.08. The summed E-state index contributed by atoms with van der Waals surface area (Å²) in [7, 11) is 0. The zero-order chi connectivity index (χ0) is 17.1. The summed E-state index contributed by atoms with van der Waals surface area (Å²) >= 11 is 0. The van der Waals surface area contributed by atoms with E-state index in [1.54, 1.807) is 24.5 Å². The van der Waals surface area contributed by atoms with Crippen LogP contribution in [0.5, 0.6) is 11.6 Å². The van der Waals surface area contributed by atoms with E-state index in [2.05, 4.69) is 19.8 Å². The molecule has 1 saturated carbocycles. The molecule has 0 amide bonds. The van der Waals surface area contributed by atoms with Gasteiger partial charge in [-0.05, 0) is 43.5 Å². The van der Waals surface area contributed by atoms with Crippen molar-refractivity contribution in [3.05, 3.63) is 42.5 Å². The van der Waals surface area contributed by atoms with Crippen LogP contribution in [0.4, 0.5) is 10.2 Å². The lowest BCUT2D eigenvalue weighted by atomic mass is 9.91. The third kappa shape index (κ3) is 3.90. The number of hydrogen-bond donors (Lipinski definition) is 0. The minimum atomic E-state index is -0.284. The van der Waals surface area contributed by atoms with E-state index < -0.39 is 0 Å². The molecule has 2 fully saturated rings. The Morgan fingerprint density at radius 2 is 1.80 bits per heavy atom. The first-order chi connectivity index (χ1) is 12.3. The lowest BCUT2D eigenvalue weighted by Crippen LogP contribution is -2.42. The lowest BCUT2D eigenvalue weighted by Gasteiger charge is -2.36. The van der Waals surface area contributed by atoms with Crippen LogP contribution in [0.25, 0.3) is 0 Å². The fraction of sp³-hybridized carbons (Fsp3) is 0.474. The van der Waals surface area contributed by atoms with Crippen LogP contribution < -0.4 is 9.64 Å². The zero-order valence-corrected chi connectivity index (χ0v) is 14.3. The van der Waals surface area contributed by atoms with Crippen molar-refractivity contribution < 1.29 is 9.13 Å². The molecular weight excluding hydrogens is 319 g/mol. The van der Waals surface area contributed by atoms with Gasteiger partial charge in [-0.15, -0.1) is 0 Å². The molecule has 1 aromatic carbocycles. The molecule has 1 saturated heterocycles. The van der Waals surface area contributed by atoms with Crippen molar-refractivity contribution in [3.63, 3.8) is 0 Å². The Bertz CT molecular complexity index is 705. The molecule has 1 aliphatic heterocycles. The Kier molecular flexibility index (Phi) is 4.78. The highest BCUT2D eigenvalue weighted by Gasteiger charge is 2.26. The van der Waals surface area contributed by atoms with Crippen LogP contribution in [0.1, 0.15) is 25.7 Å². The van der Waals surface area contributed by atoms with Gasteiger partial charge in [-0.1, -0.05) is 6.42 Å². The highest BCUT2D eigenvalue weighted by Crippen LogP contribution is 2.27. The molecule has 0 atom stereocenters. The predicted octanol–water partition coefficient (Wildman–Crippen LogP) is 3.47. The highest BCUT2D eigenvalue weighted by atomic mass is 19.1. The maximum absolute atomic E-state index is 13.0. The Labute approximate surface area is 147 Å². The van der Waals surface area contributed by atoms with Crippen molar-refractivity contribution in [1.29, 1.82) is 0 Å². The van der Waals surface area contributed by atoms with Gasteiger partial charge in [-0.25, -0.2) is 4.39 Å². The van der Waals surface area contributed by atoms with Crippen molar-refractivity contribution in [2.75, 3.05) is 31.1 Å². The topological polar surface area (TPSA) is 41.5 Å². The number of hydrogen-bond acceptors (Lipinski definition) is 5. The van der Waals surface area contributed by atoms with Crippen LogP contribution in [0.3, 0.4) is 0 Å². The summed E-state index contributed by atoms with van der Waals surface area (Å²) in [5.74, 6) is 1.55. The smallest absolute Gasteiger partial charge is 0.239 e. The molecule has 0 N–H and O–H groups in total. The molecule has 4 rings (SSSR count). The molecule has 2 aliphatic rings. The summed E-state index contributed by atoms with van der Waals surface area (Å²) < 4.78 is 18.7. The summed E-state index contributed by atoms with van der Waals surface area (Å²) in [6.07, 6.45) is 8.59. The first-order valence-corrected chi connectivity index (χ1v) is 9.02. The molecular formula is C19H23FN4O. The molecule has 0 spiro atoms. The van der Waals surface area contributed by atoms with Gasteiger partial charge < -0.3 is 9.64 Å². The summed E-state index contributed by atoms with van der Waals surface area (Å²) in [6.45, 7) is 4.19. The van der Waals surface area contributed by atoms with Crippen molar-refractivity contribution >= 4 is 5.82 Å². The van der Waals surface area contributed by atoms with Crippen LogP contribution >= 0.6 is 0 Å². The molecule has 1 aliphatic carbocycles. The minimum absolute atomic E-state index is 0.284. The van der Waals surface area contributed by atoms with Crippen LogP contribution in [-0.4, -0.2) is 47.1 Å². The van der Waals surface area contributed by atoms with Gasteiger partial charge in [0.15, 0.2) is 5.82 Å². The lowest BCUT2D eigenvalue weighted by molar-refractivity contribution is 0.136. The first-order valence-electron chi connectivity index (χ1n) is 9.02. The third-order valence-electron chi connectivity index (χ3n) is 5.08. The number of ether oxygens (including phenoxy) is 1. The number of halogens is 1. The van der Waals surface area contributed by atoms with E-state index in [0.717, 1.165) is 37.9 Å². The molecule has 0 bridgehead atoms. The maximum Gasteiger partial charge on any atom is 0.239 e. The van der Waals surface area contributed by atoms with Crippen molar-refractivity contribution in [2.45, 2.75) is 31.7 Å². The van der Waals surface area contributed by atoms with Gasteiger partial charge in [0.25, 0.3) is 0 Å². The fourth-order valence-electron chi connectivity index (χ4n) is 3.45. The standard InChI is InChI=1S/C19H23FN4O/c20-15-5-7-17(8-6-15)25-19-14-21-13-18(22-19)24-10-2-9-23(11-12-24)16-3-1-4-16/h5-8,13-14,16H,1-4,9-12H2. The van der Waals surface area contributed by atoms with E-state index in [1.165, 1.54) is 37.9 Å². The molecule has 0 unspecified atom stereocenters. The largest absolute Gasteiger partial charge is 0.437 e. The van der Waals surface area contributed by atoms with Gasteiger partial charge in [0.2, 0.25) is 5.88 Å². The van der Waals surface area contributed by atoms with E-state index in [-0.39, 0.29) is 5.82 Å². The van der Waals surface area contributed by atoms with Crippen LogP contribution in [0, 0.1) is 5.82 Å². The first kappa shape index (κ1) is 16.3. The van der Waals surface area contributed by atoms with E-state index in [1.807, 2.05) is 0 Å². The van der Waals surface area contributed by atoms with Gasteiger partial charge in [0.1, 0.15) is 11.6 Å². The Hall–Kier alpha value is -2.21. The van der Waals surface area contributed by atoms with Crippen LogP contribution in [-0.2, 0) is 0 Å². The Morgan fingerprint density at radius 3 is 2.56 bits per heavy atom. The van der Waals surface area contributed by atoms with E-state index in [4.69, 9.17) is 4.74 Å². The molecule has 5 nitrogen and oxygen atoms in total. The summed E-state index contributed by atoms with van der Waals surface area (Å²) in [4.78, 5) is 13.8. The Morgan fingerprint density at radius 1 is 0.960 bits per heavy atom. The highest BCUT2D eigenvalue weighted by molar-refractivity contribution is 5.39. The SMILES string of the molecule is Fc1ccc(Oc2cncc(N3CCCN(C4CCC4)CC3)n2)cc1. The van der Waals surface area contributed by atoms with E-state index >= 15 is 0 Å². The molecule has 132 valence electrons. The number of anilines is 1. The summed E-state index contributed by atoms with van der Waals surface area (Å²) in [5, 5.41) is 0. The normalized spacial score (nSPS) is 19.3. The number of aromatic nitrogens is 2. The van der Waals surface area contributed by atoms with E-state index in [9.17, 15) is 4.39 Å². The van der Waals surface area contributed by atoms with Gasteiger partial charge in [-0.2, -0.15) is 4.98 Å². The second kappa shape index (κ2) is 7.35. The molecule has 2 heterocycles. The monoisotopic (exact) mass is 342 g/mol. The number of nitrogens with zero attached hydrogens (tertiary/aromatic N) is 4. The van der Waals surface area contributed by atoms with Gasteiger partial charge in [0.05, 0.1) is 12.4 Å². The van der Waals surface area contributed by atoms with Crippen molar-refractivity contribution in [1.82, 2.24) is 14.9 Å². The average Bonchev–Trinajstić information content (AvgIpc) is 2.82. The maximum atomic E-state index is 13.0. The van der Waals surface area contributed by atoms with Gasteiger partial charge in [0, 0.05) is 32.2 Å². The molecule has 0 radical (unpaired) electrons. The number of benzene rings is 1. The molecule has 1 aromatic heterocycles. The fourth-order valence-corrected chi connectivity index (χ4v) is 3.45. The number of rotatable bonds is 4. The van der Waals surface area contributed by atoms with Crippen molar-refractivity contribution in [2.24, 2.45) is 0 Å². The van der Waals surface area contributed by atoms with Gasteiger partial charge >= 0.3 is 0 Å². The molecule has 6 heteroatoms. The second-order valence-electron chi connectivity index (χ2n) is 6.73. The van der Waals surface area contributed by atoms with Crippen LogP contribution in [0.2, 0.25) is 0 Å². The summed E-state index contributed by atoms with van der Waals surface area (Å²) in [6, 6.07) is 6.71. The van der Waals surface area contributed by atoms with Gasteiger partial charge in [-0.3, -0.25) is 9.88 Å².